The van der Waals surface area contributed by atoms with Crippen LogP contribution in [-0.2, 0) is 4.74 Å². The van der Waals surface area contributed by atoms with E-state index < -0.39 is 0 Å². The van der Waals surface area contributed by atoms with E-state index in [1.807, 2.05) is 19.1 Å². The van der Waals surface area contributed by atoms with E-state index in [0.717, 1.165) is 24.3 Å². The molecule has 3 heteroatoms. The van der Waals surface area contributed by atoms with Gasteiger partial charge in [0.15, 0.2) is 0 Å². The van der Waals surface area contributed by atoms with Crippen LogP contribution < -0.4 is 4.74 Å². The van der Waals surface area contributed by atoms with Crippen molar-refractivity contribution in [1.82, 2.24) is 0 Å². The van der Waals surface area contributed by atoms with Crippen LogP contribution in [0.15, 0.2) is 18.2 Å². The van der Waals surface area contributed by atoms with Gasteiger partial charge in [-0.25, -0.2) is 0 Å². The molecule has 2 rings (SSSR count). The maximum Gasteiger partial charge on any atom is 0.124 e. The molecule has 78 valence electrons. The number of ether oxygens (including phenoxy) is 2. The van der Waals surface area contributed by atoms with Gasteiger partial charge in [0.25, 0.3) is 0 Å². The maximum atomic E-state index is 8.73. The van der Waals surface area contributed by atoms with Gasteiger partial charge in [0, 0.05) is 6.42 Å². The van der Waals surface area contributed by atoms with Crippen LogP contribution in [0, 0.1) is 18.3 Å². The predicted molar refractivity (Wildman–Crippen MR) is 55.7 cm³/mol. The van der Waals surface area contributed by atoms with E-state index in [2.05, 4.69) is 6.07 Å². The van der Waals surface area contributed by atoms with Crippen molar-refractivity contribution in [2.24, 2.45) is 0 Å². The standard InChI is InChI=1S/C12H13NO2/c1-9-6-10(7-13)2-3-12(9)15-11-4-5-14-8-11/h2-3,6,11H,4-5,8H2,1H3/t11-/m1/s1. The van der Waals surface area contributed by atoms with E-state index in [1.54, 1.807) is 6.07 Å². The minimum Gasteiger partial charge on any atom is -0.488 e. The Labute approximate surface area is 89.2 Å². The van der Waals surface area contributed by atoms with Crippen molar-refractivity contribution in [3.8, 4) is 11.8 Å². The summed E-state index contributed by atoms with van der Waals surface area (Å²) in [6.45, 7) is 3.39. The zero-order valence-corrected chi connectivity index (χ0v) is 8.69. The molecule has 0 aromatic heterocycles. The van der Waals surface area contributed by atoms with Crippen LogP contribution in [0.2, 0.25) is 0 Å². The fourth-order valence-electron chi connectivity index (χ4n) is 1.64. The number of nitrogens with zero attached hydrogens (tertiary/aromatic N) is 1. The molecule has 1 fully saturated rings. The minimum atomic E-state index is 0.164. The van der Waals surface area contributed by atoms with E-state index >= 15 is 0 Å². The molecule has 1 aromatic carbocycles. The van der Waals surface area contributed by atoms with Crippen molar-refractivity contribution in [2.75, 3.05) is 13.2 Å². The van der Waals surface area contributed by atoms with E-state index in [-0.39, 0.29) is 6.10 Å². The Balaban J connectivity index is 2.11. The topological polar surface area (TPSA) is 42.2 Å². The highest BCUT2D eigenvalue weighted by Crippen LogP contribution is 2.22. The fraction of sp³-hybridized carbons (Fsp3) is 0.417. The Morgan fingerprint density at radius 1 is 1.53 bits per heavy atom. The Hall–Kier alpha value is -1.53. The van der Waals surface area contributed by atoms with Gasteiger partial charge in [0.1, 0.15) is 11.9 Å². The number of benzene rings is 1. The SMILES string of the molecule is Cc1cc(C#N)ccc1O[C@@H]1CCOC1. The Kier molecular flexibility index (Phi) is 2.89. The number of rotatable bonds is 2. The number of aryl methyl sites for hydroxylation is 1. The summed E-state index contributed by atoms with van der Waals surface area (Å²) in [5.41, 5.74) is 1.67. The largest absolute Gasteiger partial charge is 0.488 e. The van der Waals surface area contributed by atoms with Gasteiger partial charge in [-0.15, -0.1) is 0 Å². The molecule has 1 aliphatic heterocycles. The molecule has 0 amide bonds. The molecule has 0 bridgehead atoms. The molecule has 0 unspecified atom stereocenters. The molecular formula is C12H13NO2. The second-order valence-corrected chi connectivity index (χ2v) is 3.70. The van der Waals surface area contributed by atoms with Crippen LogP contribution in [0.3, 0.4) is 0 Å². The summed E-state index contributed by atoms with van der Waals surface area (Å²) in [4.78, 5) is 0. The van der Waals surface area contributed by atoms with E-state index in [4.69, 9.17) is 14.7 Å². The van der Waals surface area contributed by atoms with Crippen LogP contribution in [0.5, 0.6) is 5.75 Å². The number of hydrogen-bond acceptors (Lipinski definition) is 3. The van der Waals surface area contributed by atoms with Crippen molar-refractivity contribution in [3.63, 3.8) is 0 Å². The molecular weight excluding hydrogens is 190 g/mol. The van der Waals surface area contributed by atoms with Gasteiger partial charge in [0.05, 0.1) is 24.8 Å². The molecule has 1 heterocycles. The third-order valence-corrected chi connectivity index (χ3v) is 2.49. The van der Waals surface area contributed by atoms with Gasteiger partial charge in [-0.3, -0.25) is 0 Å². The molecule has 0 saturated carbocycles. The highest BCUT2D eigenvalue weighted by molar-refractivity contribution is 5.41. The molecule has 0 radical (unpaired) electrons. The smallest absolute Gasteiger partial charge is 0.124 e. The molecule has 0 spiro atoms. The third kappa shape index (κ3) is 2.28. The lowest BCUT2D eigenvalue weighted by Crippen LogP contribution is -2.16. The van der Waals surface area contributed by atoms with Crippen molar-refractivity contribution in [1.29, 1.82) is 5.26 Å². The molecule has 0 aliphatic carbocycles. The molecule has 3 nitrogen and oxygen atoms in total. The van der Waals surface area contributed by atoms with Crippen molar-refractivity contribution in [3.05, 3.63) is 29.3 Å². The highest BCUT2D eigenvalue weighted by Gasteiger charge is 2.17. The predicted octanol–water partition coefficient (Wildman–Crippen LogP) is 2.03. The van der Waals surface area contributed by atoms with Gasteiger partial charge in [-0.05, 0) is 30.7 Å². The second-order valence-electron chi connectivity index (χ2n) is 3.70. The van der Waals surface area contributed by atoms with E-state index in [0.29, 0.717) is 12.2 Å². The monoisotopic (exact) mass is 203 g/mol. The summed E-state index contributed by atoms with van der Waals surface area (Å²) in [6.07, 6.45) is 1.11. The van der Waals surface area contributed by atoms with Crippen LogP contribution in [0.25, 0.3) is 0 Å². The van der Waals surface area contributed by atoms with Crippen LogP contribution >= 0.6 is 0 Å². The third-order valence-electron chi connectivity index (χ3n) is 2.49. The first kappa shape index (κ1) is 10.0. The first-order chi connectivity index (χ1) is 7.29. The van der Waals surface area contributed by atoms with Gasteiger partial charge in [0.2, 0.25) is 0 Å². The summed E-state index contributed by atoms with van der Waals surface area (Å²) < 4.78 is 11.0. The summed E-state index contributed by atoms with van der Waals surface area (Å²) in [5, 5.41) is 8.73. The number of hydrogen-bond donors (Lipinski definition) is 0. The summed E-state index contributed by atoms with van der Waals surface area (Å²) in [7, 11) is 0. The quantitative estimate of drug-likeness (QED) is 0.738. The van der Waals surface area contributed by atoms with Crippen molar-refractivity contribution < 1.29 is 9.47 Å². The first-order valence-corrected chi connectivity index (χ1v) is 5.05. The molecule has 15 heavy (non-hydrogen) atoms. The highest BCUT2D eigenvalue weighted by atomic mass is 16.5. The molecule has 1 atom stereocenters. The van der Waals surface area contributed by atoms with E-state index in [9.17, 15) is 0 Å². The normalized spacial score (nSPS) is 19.9. The molecule has 0 N–H and O–H groups in total. The van der Waals surface area contributed by atoms with Crippen molar-refractivity contribution >= 4 is 0 Å². The Morgan fingerprint density at radius 3 is 3.00 bits per heavy atom. The molecule has 1 aliphatic rings. The zero-order chi connectivity index (χ0) is 10.7. The van der Waals surface area contributed by atoms with Gasteiger partial charge >= 0.3 is 0 Å². The van der Waals surface area contributed by atoms with Crippen LogP contribution in [-0.4, -0.2) is 19.3 Å². The Bertz CT molecular complexity index is 389. The lowest BCUT2D eigenvalue weighted by Gasteiger charge is -2.13. The first-order valence-electron chi connectivity index (χ1n) is 5.05. The van der Waals surface area contributed by atoms with Gasteiger partial charge < -0.3 is 9.47 Å². The second kappa shape index (κ2) is 4.33. The Morgan fingerprint density at radius 2 is 2.40 bits per heavy atom. The van der Waals surface area contributed by atoms with Gasteiger partial charge in [-0.1, -0.05) is 0 Å². The summed E-state index contributed by atoms with van der Waals surface area (Å²) in [6, 6.07) is 7.58. The van der Waals surface area contributed by atoms with Gasteiger partial charge in [-0.2, -0.15) is 5.26 Å². The summed E-state index contributed by atoms with van der Waals surface area (Å²) in [5.74, 6) is 0.851. The minimum absolute atomic E-state index is 0.164. The number of nitriles is 1. The van der Waals surface area contributed by atoms with E-state index in [1.165, 1.54) is 0 Å². The average Bonchev–Trinajstić information content (AvgIpc) is 2.74. The van der Waals surface area contributed by atoms with Crippen molar-refractivity contribution in [2.45, 2.75) is 19.4 Å². The molecule has 1 aromatic rings. The van der Waals surface area contributed by atoms with Crippen LogP contribution in [0.1, 0.15) is 17.5 Å². The lowest BCUT2D eigenvalue weighted by molar-refractivity contribution is 0.141. The average molecular weight is 203 g/mol. The maximum absolute atomic E-state index is 8.73. The summed E-state index contributed by atoms with van der Waals surface area (Å²) >= 11 is 0. The zero-order valence-electron chi connectivity index (χ0n) is 8.69. The van der Waals surface area contributed by atoms with Crippen LogP contribution in [0.4, 0.5) is 0 Å². The molecule has 1 saturated heterocycles. The lowest BCUT2D eigenvalue weighted by atomic mass is 10.1. The fourth-order valence-corrected chi connectivity index (χ4v) is 1.64.